The van der Waals surface area contributed by atoms with Gasteiger partial charge in [-0.1, -0.05) is 25.3 Å². The van der Waals surface area contributed by atoms with Gasteiger partial charge >= 0.3 is 5.97 Å². The normalized spacial score (nSPS) is 16.2. The molecule has 3 amide bonds. The number of nitrogens with zero attached hydrogens (tertiary/aromatic N) is 1. The van der Waals surface area contributed by atoms with Gasteiger partial charge in [-0.2, -0.15) is 0 Å². The van der Waals surface area contributed by atoms with Crippen molar-refractivity contribution in [2.45, 2.75) is 45.1 Å². The third-order valence-electron chi connectivity index (χ3n) is 5.75. The lowest BCUT2D eigenvalue weighted by atomic mass is 9.94. The molecular weight excluding hydrogens is 396 g/mol. The highest BCUT2D eigenvalue weighted by Crippen LogP contribution is 2.31. The second-order valence-electron chi connectivity index (χ2n) is 7.79. The highest BCUT2D eigenvalue weighted by Gasteiger charge is 2.40. The monoisotopic (exact) mass is 420 g/mol. The molecule has 1 fully saturated rings. The van der Waals surface area contributed by atoms with Gasteiger partial charge in [0.1, 0.15) is 0 Å². The van der Waals surface area contributed by atoms with E-state index in [2.05, 4.69) is 5.32 Å². The number of fused-ring (bicyclic) bond motifs is 1. The molecule has 0 saturated heterocycles. The van der Waals surface area contributed by atoms with Gasteiger partial charge in [-0.05, 0) is 56.2 Å². The number of nitrogens with one attached hydrogen (secondary N) is 1. The molecule has 0 radical (unpaired) electrons. The Morgan fingerprint density at radius 3 is 2.45 bits per heavy atom. The van der Waals surface area contributed by atoms with Crippen LogP contribution in [0.4, 0.5) is 5.69 Å². The molecule has 0 aromatic heterocycles. The van der Waals surface area contributed by atoms with Crippen LogP contribution in [0.5, 0.6) is 0 Å². The van der Waals surface area contributed by atoms with Crippen molar-refractivity contribution in [1.29, 1.82) is 0 Å². The summed E-state index contributed by atoms with van der Waals surface area (Å²) in [6.45, 7) is 1.98. The van der Waals surface area contributed by atoms with E-state index in [9.17, 15) is 19.2 Å². The number of hydrogen-bond acceptors (Lipinski definition) is 5. The fourth-order valence-corrected chi connectivity index (χ4v) is 4.21. The summed E-state index contributed by atoms with van der Waals surface area (Å²) in [4.78, 5) is 51.8. The zero-order valence-corrected chi connectivity index (χ0v) is 17.3. The van der Waals surface area contributed by atoms with E-state index in [0.29, 0.717) is 16.8 Å². The standard InChI is InChI=1S/C24H24N2O5/c1-2-31-24(30)16-7-6-8-17(13-16)25-21(27)15-11-12-19-20(14-15)23(29)26(22(19)28)18-9-4-3-5-10-18/h6-8,11-14,18H,2-5,9-10H2,1H3,(H,25,27). The highest BCUT2D eigenvalue weighted by atomic mass is 16.5. The van der Waals surface area contributed by atoms with E-state index in [4.69, 9.17) is 4.74 Å². The number of rotatable bonds is 5. The Bertz CT molecular complexity index is 1060. The van der Waals surface area contributed by atoms with Crippen LogP contribution in [0.25, 0.3) is 0 Å². The minimum Gasteiger partial charge on any atom is -0.462 e. The predicted octanol–water partition coefficient (Wildman–Crippen LogP) is 4.04. The summed E-state index contributed by atoms with van der Waals surface area (Å²) in [5.74, 6) is -1.50. The molecule has 160 valence electrons. The molecule has 0 bridgehead atoms. The molecule has 1 heterocycles. The van der Waals surface area contributed by atoms with E-state index in [1.165, 1.54) is 17.0 Å². The second kappa shape index (κ2) is 8.71. The van der Waals surface area contributed by atoms with Gasteiger partial charge in [0, 0.05) is 17.3 Å². The lowest BCUT2D eigenvalue weighted by Crippen LogP contribution is -2.40. The second-order valence-corrected chi connectivity index (χ2v) is 7.79. The van der Waals surface area contributed by atoms with Crippen molar-refractivity contribution in [2.75, 3.05) is 11.9 Å². The molecule has 31 heavy (non-hydrogen) atoms. The molecule has 1 aliphatic heterocycles. The Hall–Kier alpha value is -3.48. The average Bonchev–Trinajstić information content (AvgIpc) is 3.04. The van der Waals surface area contributed by atoms with Gasteiger partial charge in [-0.25, -0.2) is 4.79 Å². The minimum absolute atomic E-state index is 0.0657. The number of amides is 3. The summed E-state index contributed by atoms with van der Waals surface area (Å²) < 4.78 is 4.98. The van der Waals surface area contributed by atoms with Gasteiger partial charge in [0.05, 0.1) is 23.3 Å². The van der Waals surface area contributed by atoms with Crippen molar-refractivity contribution in [3.63, 3.8) is 0 Å². The molecule has 2 aromatic rings. The summed E-state index contributed by atoms with van der Waals surface area (Å²) in [6.07, 6.45) is 4.81. The first kappa shape index (κ1) is 20.8. The van der Waals surface area contributed by atoms with Gasteiger partial charge in [-0.3, -0.25) is 19.3 Å². The van der Waals surface area contributed by atoms with Gasteiger partial charge in [0.15, 0.2) is 0 Å². The Morgan fingerprint density at radius 1 is 0.968 bits per heavy atom. The fourth-order valence-electron chi connectivity index (χ4n) is 4.21. The van der Waals surface area contributed by atoms with E-state index in [0.717, 1.165) is 32.1 Å². The largest absolute Gasteiger partial charge is 0.462 e. The molecule has 1 aliphatic carbocycles. The molecule has 1 N–H and O–H groups in total. The van der Waals surface area contributed by atoms with Crippen molar-refractivity contribution in [2.24, 2.45) is 0 Å². The maximum Gasteiger partial charge on any atom is 0.338 e. The van der Waals surface area contributed by atoms with Crippen LogP contribution in [-0.2, 0) is 4.74 Å². The van der Waals surface area contributed by atoms with E-state index in [1.54, 1.807) is 37.3 Å². The van der Waals surface area contributed by atoms with Gasteiger partial charge in [0.25, 0.3) is 17.7 Å². The van der Waals surface area contributed by atoms with Crippen molar-refractivity contribution < 1.29 is 23.9 Å². The van der Waals surface area contributed by atoms with Crippen LogP contribution in [0.2, 0.25) is 0 Å². The summed E-state index contributed by atoms with van der Waals surface area (Å²) in [6, 6.07) is 10.9. The van der Waals surface area contributed by atoms with E-state index in [-0.39, 0.29) is 35.6 Å². The van der Waals surface area contributed by atoms with Crippen molar-refractivity contribution >= 4 is 29.4 Å². The summed E-state index contributed by atoms with van der Waals surface area (Å²) in [5.41, 5.74) is 1.65. The van der Waals surface area contributed by atoms with Crippen LogP contribution in [-0.4, -0.2) is 41.2 Å². The molecule has 7 heteroatoms. The average molecular weight is 420 g/mol. The minimum atomic E-state index is -0.469. The van der Waals surface area contributed by atoms with E-state index in [1.807, 2.05) is 0 Å². The Balaban J connectivity index is 1.53. The molecular formula is C24H24N2O5. The van der Waals surface area contributed by atoms with E-state index < -0.39 is 11.9 Å². The Morgan fingerprint density at radius 2 is 1.71 bits per heavy atom. The van der Waals surface area contributed by atoms with Crippen LogP contribution in [0.15, 0.2) is 42.5 Å². The van der Waals surface area contributed by atoms with Crippen LogP contribution in [0, 0.1) is 0 Å². The topological polar surface area (TPSA) is 92.8 Å². The Kier molecular flexibility index (Phi) is 5.84. The first-order valence-corrected chi connectivity index (χ1v) is 10.6. The third kappa shape index (κ3) is 4.08. The molecule has 7 nitrogen and oxygen atoms in total. The first-order chi connectivity index (χ1) is 15.0. The molecule has 0 unspecified atom stereocenters. The molecule has 2 aliphatic rings. The van der Waals surface area contributed by atoms with Crippen LogP contribution < -0.4 is 5.32 Å². The van der Waals surface area contributed by atoms with Crippen molar-refractivity contribution in [1.82, 2.24) is 4.90 Å². The number of esters is 1. The first-order valence-electron chi connectivity index (χ1n) is 10.6. The zero-order chi connectivity index (χ0) is 22.0. The summed E-state index contributed by atoms with van der Waals surface area (Å²) in [7, 11) is 0. The summed E-state index contributed by atoms with van der Waals surface area (Å²) >= 11 is 0. The number of carbonyl (C=O) groups is 4. The van der Waals surface area contributed by atoms with Crippen molar-refractivity contribution in [3.05, 3.63) is 64.7 Å². The third-order valence-corrected chi connectivity index (χ3v) is 5.75. The number of benzene rings is 2. The number of ether oxygens (including phenoxy) is 1. The molecule has 0 spiro atoms. The number of hydrogen-bond donors (Lipinski definition) is 1. The Labute approximate surface area is 180 Å². The number of imide groups is 1. The smallest absolute Gasteiger partial charge is 0.338 e. The fraction of sp³-hybridized carbons (Fsp3) is 0.333. The summed E-state index contributed by atoms with van der Waals surface area (Å²) in [5, 5.41) is 2.73. The number of carbonyl (C=O) groups excluding carboxylic acids is 4. The predicted molar refractivity (Wildman–Crippen MR) is 114 cm³/mol. The van der Waals surface area contributed by atoms with Crippen LogP contribution in [0.1, 0.15) is 80.5 Å². The van der Waals surface area contributed by atoms with Crippen LogP contribution >= 0.6 is 0 Å². The maximum atomic E-state index is 12.9. The molecule has 4 rings (SSSR count). The lowest BCUT2D eigenvalue weighted by molar-refractivity contribution is 0.0521. The zero-order valence-electron chi connectivity index (χ0n) is 17.3. The molecule has 2 aromatic carbocycles. The highest BCUT2D eigenvalue weighted by molar-refractivity contribution is 6.22. The van der Waals surface area contributed by atoms with E-state index >= 15 is 0 Å². The molecule has 1 saturated carbocycles. The maximum absolute atomic E-state index is 12.9. The van der Waals surface area contributed by atoms with Gasteiger partial charge in [-0.15, -0.1) is 0 Å². The lowest BCUT2D eigenvalue weighted by Gasteiger charge is -2.29. The molecule has 0 atom stereocenters. The number of anilines is 1. The SMILES string of the molecule is CCOC(=O)c1cccc(NC(=O)c2ccc3c(c2)C(=O)N(C2CCCCC2)C3=O)c1. The quantitative estimate of drug-likeness (QED) is 0.582. The van der Waals surface area contributed by atoms with Crippen molar-refractivity contribution in [3.8, 4) is 0 Å². The van der Waals surface area contributed by atoms with Gasteiger partial charge in [0.2, 0.25) is 0 Å². The van der Waals surface area contributed by atoms with Gasteiger partial charge < -0.3 is 10.1 Å². The van der Waals surface area contributed by atoms with Crippen LogP contribution in [0.3, 0.4) is 0 Å².